The summed E-state index contributed by atoms with van der Waals surface area (Å²) in [5, 5.41) is 0. The van der Waals surface area contributed by atoms with E-state index in [1.807, 2.05) is 0 Å². The van der Waals surface area contributed by atoms with Gasteiger partial charge in [-0.05, 0) is 58.9 Å². The molecule has 1 aliphatic rings. The van der Waals surface area contributed by atoms with Crippen molar-refractivity contribution in [1.82, 2.24) is 0 Å². The van der Waals surface area contributed by atoms with Crippen LogP contribution in [0.15, 0.2) is 30.5 Å². The van der Waals surface area contributed by atoms with Crippen molar-refractivity contribution in [3.63, 3.8) is 0 Å². The zero-order valence-electron chi connectivity index (χ0n) is 14.0. The summed E-state index contributed by atoms with van der Waals surface area (Å²) in [6.07, 6.45) is 6.94. The molecule has 1 aromatic carbocycles. The molecule has 0 unspecified atom stereocenters. The monoisotopic (exact) mass is 283 g/mol. The second kappa shape index (κ2) is 6.51. The van der Waals surface area contributed by atoms with E-state index in [0.717, 1.165) is 12.1 Å². The van der Waals surface area contributed by atoms with E-state index < -0.39 is 0 Å². The van der Waals surface area contributed by atoms with Crippen LogP contribution in [0.5, 0.6) is 0 Å². The Labute approximate surface area is 129 Å². The van der Waals surface area contributed by atoms with Crippen molar-refractivity contribution in [3.8, 4) is 0 Å². The van der Waals surface area contributed by atoms with E-state index in [1.54, 1.807) is 0 Å². The lowest BCUT2D eigenvalue weighted by Gasteiger charge is -2.22. The molecule has 1 nitrogen and oxygen atoms in total. The van der Waals surface area contributed by atoms with Crippen molar-refractivity contribution < 1.29 is 0 Å². The highest BCUT2D eigenvalue weighted by atomic mass is 14.6. The number of rotatable bonds is 5. The summed E-state index contributed by atoms with van der Waals surface area (Å²) < 4.78 is 0. The van der Waals surface area contributed by atoms with Crippen molar-refractivity contribution in [1.29, 1.82) is 0 Å². The van der Waals surface area contributed by atoms with E-state index in [4.69, 9.17) is 5.73 Å². The number of allylic oxidation sites excluding steroid dienone is 3. The largest absolute Gasteiger partial charge is 0.402 e. The molecule has 0 fully saturated rings. The molecule has 0 saturated heterocycles. The number of hydrogen-bond donors (Lipinski definition) is 1. The quantitative estimate of drug-likeness (QED) is 0.757. The summed E-state index contributed by atoms with van der Waals surface area (Å²) >= 11 is 0. The standard InChI is InChI=1S/C20H29N/c1-13(2)18-11-17(16-8-6-7-9-16)12-19(14(3)4)20(18)10-15(5)21/h8,11-14H,5-7,9-10,21H2,1-4H3. The van der Waals surface area contributed by atoms with Crippen LogP contribution in [0.25, 0.3) is 5.57 Å². The van der Waals surface area contributed by atoms with Gasteiger partial charge in [0.15, 0.2) is 0 Å². The molecule has 0 spiro atoms. The van der Waals surface area contributed by atoms with Gasteiger partial charge in [0.1, 0.15) is 0 Å². The molecule has 0 bridgehead atoms. The van der Waals surface area contributed by atoms with Crippen molar-refractivity contribution in [3.05, 3.63) is 52.7 Å². The fourth-order valence-corrected chi connectivity index (χ4v) is 3.30. The first kappa shape index (κ1) is 15.9. The molecule has 0 aromatic heterocycles. The van der Waals surface area contributed by atoms with E-state index in [9.17, 15) is 0 Å². The Morgan fingerprint density at radius 1 is 1.14 bits per heavy atom. The third kappa shape index (κ3) is 3.58. The fraction of sp³-hybridized carbons (Fsp3) is 0.500. The summed E-state index contributed by atoms with van der Waals surface area (Å²) in [7, 11) is 0. The minimum atomic E-state index is 0.513. The van der Waals surface area contributed by atoms with Crippen LogP contribution in [-0.4, -0.2) is 0 Å². The van der Waals surface area contributed by atoms with Crippen LogP contribution in [0.1, 0.15) is 81.0 Å². The number of nitrogens with two attached hydrogens (primary N) is 1. The molecule has 0 heterocycles. The summed E-state index contributed by atoms with van der Waals surface area (Å²) in [5.74, 6) is 1.03. The van der Waals surface area contributed by atoms with Crippen LogP contribution in [0.4, 0.5) is 0 Å². The Balaban J connectivity index is 2.59. The van der Waals surface area contributed by atoms with Gasteiger partial charge in [-0.1, -0.05) is 52.5 Å². The van der Waals surface area contributed by atoms with Crippen molar-refractivity contribution in [2.75, 3.05) is 0 Å². The van der Waals surface area contributed by atoms with Crippen LogP contribution in [0, 0.1) is 0 Å². The molecule has 0 aliphatic heterocycles. The van der Waals surface area contributed by atoms with Gasteiger partial charge in [-0.25, -0.2) is 0 Å². The highest BCUT2D eigenvalue weighted by Gasteiger charge is 2.18. The van der Waals surface area contributed by atoms with E-state index in [-0.39, 0.29) is 0 Å². The summed E-state index contributed by atoms with van der Waals surface area (Å²) in [5.41, 5.74) is 13.9. The Morgan fingerprint density at radius 2 is 1.71 bits per heavy atom. The minimum absolute atomic E-state index is 0.513. The highest BCUT2D eigenvalue weighted by Crippen LogP contribution is 2.35. The first-order valence-electron chi connectivity index (χ1n) is 8.19. The van der Waals surface area contributed by atoms with Crippen LogP contribution in [0.3, 0.4) is 0 Å². The summed E-state index contributed by atoms with van der Waals surface area (Å²) in [4.78, 5) is 0. The smallest absolute Gasteiger partial charge is 0.0120 e. The molecule has 0 amide bonds. The average molecular weight is 283 g/mol. The minimum Gasteiger partial charge on any atom is -0.402 e. The fourth-order valence-electron chi connectivity index (χ4n) is 3.30. The van der Waals surface area contributed by atoms with Gasteiger partial charge < -0.3 is 5.73 Å². The van der Waals surface area contributed by atoms with Crippen LogP contribution in [-0.2, 0) is 6.42 Å². The second-order valence-electron chi connectivity index (χ2n) is 6.90. The molecule has 114 valence electrons. The molecule has 1 heteroatoms. The molecule has 1 aliphatic carbocycles. The lowest BCUT2D eigenvalue weighted by Crippen LogP contribution is -2.09. The molecule has 1 aromatic rings. The third-order valence-corrected chi connectivity index (χ3v) is 4.38. The van der Waals surface area contributed by atoms with Gasteiger partial charge in [-0.3, -0.25) is 0 Å². The summed E-state index contributed by atoms with van der Waals surface area (Å²) in [6, 6.07) is 4.79. The molecule has 0 radical (unpaired) electrons. The van der Waals surface area contributed by atoms with Gasteiger partial charge >= 0.3 is 0 Å². The van der Waals surface area contributed by atoms with Crippen molar-refractivity contribution in [2.24, 2.45) is 5.73 Å². The van der Waals surface area contributed by atoms with Crippen molar-refractivity contribution in [2.45, 2.75) is 65.2 Å². The Hall–Kier alpha value is -1.50. The van der Waals surface area contributed by atoms with E-state index >= 15 is 0 Å². The average Bonchev–Trinajstić information content (AvgIpc) is 2.91. The second-order valence-corrected chi connectivity index (χ2v) is 6.90. The maximum Gasteiger partial charge on any atom is 0.0120 e. The first-order chi connectivity index (χ1) is 9.90. The number of benzene rings is 1. The lowest BCUT2D eigenvalue weighted by atomic mass is 9.83. The SMILES string of the molecule is C=C(N)Cc1c(C(C)C)cc(C2=CCCC2)cc1C(C)C. The van der Waals surface area contributed by atoms with Gasteiger partial charge in [-0.2, -0.15) is 0 Å². The van der Waals surface area contributed by atoms with Gasteiger partial charge in [0.2, 0.25) is 0 Å². The highest BCUT2D eigenvalue weighted by molar-refractivity contribution is 5.69. The number of hydrogen-bond acceptors (Lipinski definition) is 1. The predicted octanol–water partition coefficient (Wildman–Crippen LogP) is 5.52. The van der Waals surface area contributed by atoms with Gasteiger partial charge in [0, 0.05) is 12.1 Å². The van der Waals surface area contributed by atoms with Crippen LogP contribution >= 0.6 is 0 Å². The molecular weight excluding hydrogens is 254 g/mol. The van der Waals surface area contributed by atoms with Gasteiger partial charge in [0.25, 0.3) is 0 Å². The molecule has 0 saturated carbocycles. The maximum atomic E-state index is 5.92. The maximum absolute atomic E-state index is 5.92. The Bertz CT molecular complexity index is 532. The third-order valence-electron chi connectivity index (χ3n) is 4.38. The summed E-state index contributed by atoms with van der Waals surface area (Å²) in [6.45, 7) is 13.0. The zero-order chi connectivity index (χ0) is 15.6. The normalized spacial score (nSPS) is 14.9. The zero-order valence-corrected chi connectivity index (χ0v) is 14.0. The van der Waals surface area contributed by atoms with E-state index in [0.29, 0.717) is 11.8 Å². The van der Waals surface area contributed by atoms with E-state index in [1.165, 1.54) is 47.1 Å². The van der Waals surface area contributed by atoms with E-state index in [2.05, 4.69) is 52.5 Å². The Morgan fingerprint density at radius 3 is 2.10 bits per heavy atom. The van der Waals surface area contributed by atoms with Crippen LogP contribution < -0.4 is 5.73 Å². The predicted molar refractivity (Wildman–Crippen MR) is 93.5 cm³/mol. The molecule has 21 heavy (non-hydrogen) atoms. The molecule has 2 rings (SSSR count). The lowest BCUT2D eigenvalue weighted by molar-refractivity contribution is 0.801. The Kier molecular flexibility index (Phi) is 4.92. The first-order valence-corrected chi connectivity index (χ1v) is 8.19. The van der Waals surface area contributed by atoms with Crippen LogP contribution in [0.2, 0.25) is 0 Å². The van der Waals surface area contributed by atoms with Crippen molar-refractivity contribution >= 4 is 5.57 Å². The molecule has 0 atom stereocenters. The van der Waals surface area contributed by atoms with Gasteiger partial charge in [-0.15, -0.1) is 0 Å². The van der Waals surface area contributed by atoms with Gasteiger partial charge in [0.05, 0.1) is 0 Å². The molecular formula is C20H29N. The topological polar surface area (TPSA) is 26.0 Å². The molecule has 2 N–H and O–H groups in total.